The third-order valence-corrected chi connectivity index (χ3v) is 2.48. The number of aromatic nitrogens is 2. The van der Waals surface area contributed by atoms with Gasteiger partial charge in [-0.25, -0.2) is 4.98 Å². The van der Waals surface area contributed by atoms with Crippen LogP contribution in [-0.2, 0) is 6.54 Å². The summed E-state index contributed by atoms with van der Waals surface area (Å²) in [7, 11) is 1.78. The van der Waals surface area contributed by atoms with Gasteiger partial charge >= 0.3 is 0 Å². The first-order chi connectivity index (χ1) is 7.76. The molecule has 1 atom stereocenters. The molecule has 0 aliphatic rings. The summed E-state index contributed by atoms with van der Waals surface area (Å²) in [6.45, 7) is 0.0723. The summed E-state index contributed by atoms with van der Waals surface area (Å²) in [5.74, 6) is 0.689. The van der Waals surface area contributed by atoms with Crippen molar-refractivity contribution in [1.29, 1.82) is 0 Å². The minimum atomic E-state index is -0.773. The molecule has 1 aromatic carbocycles. The molecule has 1 unspecified atom stereocenters. The van der Waals surface area contributed by atoms with Crippen LogP contribution in [0.5, 0.6) is 0 Å². The summed E-state index contributed by atoms with van der Waals surface area (Å²) in [4.78, 5) is 4.38. The number of anilines is 1. The molecule has 16 heavy (non-hydrogen) atoms. The van der Waals surface area contributed by atoms with Crippen LogP contribution in [-0.4, -0.2) is 39.5 Å². The van der Waals surface area contributed by atoms with Crippen molar-refractivity contribution in [2.45, 2.75) is 12.6 Å². The first-order valence-corrected chi connectivity index (χ1v) is 5.18. The molecule has 1 aromatic heterocycles. The van der Waals surface area contributed by atoms with Gasteiger partial charge in [0.15, 0.2) is 0 Å². The SMILES string of the molecule is CNc1nc2ccccc2n1CC(O)CO. The van der Waals surface area contributed by atoms with Crippen LogP contribution in [0.2, 0.25) is 0 Å². The van der Waals surface area contributed by atoms with Gasteiger partial charge in [0.1, 0.15) is 0 Å². The summed E-state index contributed by atoms with van der Waals surface area (Å²) < 4.78 is 1.86. The molecule has 5 heteroatoms. The van der Waals surface area contributed by atoms with E-state index >= 15 is 0 Å². The van der Waals surface area contributed by atoms with E-state index in [1.807, 2.05) is 28.8 Å². The fourth-order valence-corrected chi connectivity index (χ4v) is 1.72. The predicted octanol–water partition coefficient (Wildman–Crippen LogP) is 0.431. The molecule has 0 bridgehead atoms. The van der Waals surface area contributed by atoms with E-state index in [1.54, 1.807) is 7.05 Å². The Hall–Kier alpha value is -1.59. The Labute approximate surface area is 93.3 Å². The Morgan fingerprint density at radius 2 is 2.19 bits per heavy atom. The molecule has 0 saturated carbocycles. The van der Waals surface area contributed by atoms with Crippen molar-refractivity contribution in [3.8, 4) is 0 Å². The first-order valence-electron chi connectivity index (χ1n) is 5.18. The standard InChI is InChI=1S/C11H15N3O2/c1-12-11-13-9-4-2-3-5-10(9)14(11)6-8(16)7-15/h2-5,8,15-16H,6-7H2,1H3,(H,12,13). The summed E-state index contributed by atoms with van der Waals surface area (Å²) >= 11 is 0. The highest BCUT2D eigenvalue weighted by molar-refractivity contribution is 5.78. The van der Waals surface area contributed by atoms with E-state index in [0.717, 1.165) is 11.0 Å². The number of benzene rings is 1. The monoisotopic (exact) mass is 221 g/mol. The molecule has 0 aliphatic carbocycles. The molecule has 0 saturated heterocycles. The van der Waals surface area contributed by atoms with Crippen LogP contribution in [0.4, 0.5) is 5.95 Å². The molecule has 1 heterocycles. The number of nitrogens with zero attached hydrogens (tertiary/aromatic N) is 2. The highest BCUT2D eigenvalue weighted by Crippen LogP contribution is 2.19. The Kier molecular flexibility index (Phi) is 3.07. The number of hydrogen-bond acceptors (Lipinski definition) is 4. The largest absolute Gasteiger partial charge is 0.394 e. The van der Waals surface area contributed by atoms with Gasteiger partial charge in [-0.05, 0) is 12.1 Å². The molecule has 0 spiro atoms. The van der Waals surface area contributed by atoms with E-state index in [-0.39, 0.29) is 6.61 Å². The molecule has 5 nitrogen and oxygen atoms in total. The lowest BCUT2D eigenvalue weighted by molar-refractivity contribution is 0.0825. The lowest BCUT2D eigenvalue weighted by Gasteiger charge is -2.11. The van der Waals surface area contributed by atoms with Crippen LogP contribution in [0.1, 0.15) is 0 Å². The van der Waals surface area contributed by atoms with Crippen molar-refractivity contribution in [1.82, 2.24) is 9.55 Å². The second kappa shape index (κ2) is 4.51. The van der Waals surface area contributed by atoms with Gasteiger partial charge in [0, 0.05) is 7.05 Å². The summed E-state index contributed by atoms with van der Waals surface area (Å²) in [5, 5.41) is 21.3. The van der Waals surface area contributed by atoms with Crippen LogP contribution in [0, 0.1) is 0 Å². The maximum absolute atomic E-state index is 9.48. The van der Waals surface area contributed by atoms with Gasteiger partial charge in [0.05, 0.1) is 30.3 Å². The van der Waals surface area contributed by atoms with Gasteiger partial charge in [-0.1, -0.05) is 12.1 Å². The van der Waals surface area contributed by atoms with Crippen molar-refractivity contribution in [3.63, 3.8) is 0 Å². The van der Waals surface area contributed by atoms with Gasteiger partial charge in [0.2, 0.25) is 5.95 Å². The number of hydrogen-bond donors (Lipinski definition) is 3. The number of rotatable bonds is 4. The average molecular weight is 221 g/mol. The molecule has 0 amide bonds. The molecule has 0 fully saturated rings. The zero-order valence-corrected chi connectivity index (χ0v) is 9.09. The highest BCUT2D eigenvalue weighted by atomic mass is 16.3. The number of para-hydroxylation sites is 2. The molecule has 0 radical (unpaired) electrons. The van der Waals surface area contributed by atoms with E-state index in [1.165, 1.54) is 0 Å². The zero-order valence-electron chi connectivity index (χ0n) is 9.09. The average Bonchev–Trinajstić information content (AvgIpc) is 2.67. The second-order valence-electron chi connectivity index (χ2n) is 3.62. The zero-order chi connectivity index (χ0) is 11.5. The maximum Gasteiger partial charge on any atom is 0.203 e. The number of aliphatic hydroxyl groups excluding tert-OH is 2. The van der Waals surface area contributed by atoms with Crippen LogP contribution < -0.4 is 5.32 Å². The highest BCUT2D eigenvalue weighted by Gasteiger charge is 2.12. The molecule has 2 rings (SSSR count). The minimum absolute atomic E-state index is 0.254. The van der Waals surface area contributed by atoms with Crippen LogP contribution in [0.3, 0.4) is 0 Å². The lowest BCUT2D eigenvalue weighted by atomic mass is 10.3. The Balaban J connectivity index is 2.47. The predicted molar refractivity (Wildman–Crippen MR) is 62.4 cm³/mol. The smallest absolute Gasteiger partial charge is 0.203 e. The minimum Gasteiger partial charge on any atom is -0.394 e. The van der Waals surface area contributed by atoms with E-state index in [9.17, 15) is 5.11 Å². The van der Waals surface area contributed by atoms with E-state index in [2.05, 4.69) is 10.3 Å². The molecule has 0 aliphatic heterocycles. The lowest BCUT2D eigenvalue weighted by Crippen LogP contribution is -2.20. The second-order valence-corrected chi connectivity index (χ2v) is 3.62. The normalized spacial score (nSPS) is 12.9. The number of aliphatic hydroxyl groups is 2. The van der Waals surface area contributed by atoms with Crippen LogP contribution in [0.15, 0.2) is 24.3 Å². The van der Waals surface area contributed by atoms with Crippen LogP contribution in [0.25, 0.3) is 11.0 Å². The van der Waals surface area contributed by atoms with Crippen molar-refractivity contribution in [2.75, 3.05) is 19.0 Å². The Morgan fingerprint density at radius 3 is 2.88 bits per heavy atom. The van der Waals surface area contributed by atoms with Crippen molar-refractivity contribution in [2.24, 2.45) is 0 Å². The number of nitrogens with one attached hydrogen (secondary N) is 1. The van der Waals surface area contributed by atoms with Gasteiger partial charge in [0.25, 0.3) is 0 Å². The third kappa shape index (κ3) is 1.87. The fourth-order valence-electron chi connectivity index (χ4n) is 1.72. The molecular formula is C11H15N3O2. The van der Waals surface area contributed by atoms with Gasteiger partial charge in [-0.3, -0.25) is 0 Å². The topological polar surface area (TPSA) is 70.3 Å². The van der Waals surface area contributed by atoms with E-state index in [4.69, 9.17) is 5.11 Å². The molecule has 86 valence electrons. The summed E-state index contributed by atoms with van der Waals surface area (Å²) in [6.07, 6.45) is -0.773. The Morgan fingerprint density at radius 1 is 1.44 bits per heavy atom. The first kappa shape index (κ1) is 10.9. The van der Waals surface area contributed by atoms with Crippen LogP contribution >= 0.6 is 0 Å². The molecule has 2 aromatic rings. The van der Waals surface area contributed by atoms with Crippen molar-refractivity contribution < 1.29 is 10.2 Å². The van der Waals surface area contributed by atoms with Gasteiger partial charge in [-0.2, -0.15) is 0 Å². The van der Waals surface area contributed by atoms with Crippen molar-refractivity contribution >= 4 is 17.0 Å². The fraction of sp³-hybridized carbons (Fsp3) is 0.364. The molecule has 3 N–H and O–H groups in total. The van der Waals surface area contributed by atoms with Gasteiger partial charge < -0.3 is 20.1 Å². The Bertz CT molecular complexity index is 481. The van der Waals surface area contributed by atoms with Gasteiger partial charge in [-0.15, -0.1) is 0 Å². The van der Waals surface area contributed by atoms with E-state index < -0.39 is 6.10 Å². The molecular weight excluding hydrogens is 206 g/mol. The van der Waals surface area contributed by atoms with E-state index in [0.29, 0.717) is 12.5 Å². The quantitative estimate of drug-likeness (QED) is 0.700. The van der Waals surface area contributed by atoms with Crippen molar-refractivity contribution in [3.05, 3.63) is 24.3 Å². The number of fused-ring (bicyclic) bond motifs is 1. The third-order valence-electron chi connectivity index (χ3n) is 2.48. The summed E-state index contributed by atoms with van der Waals surface area (Å²) in [5.41, 5.74) is 1.82. The maximum atomic E-state index is 9.48. The number of imidazole rings is 1. The summed E-state index contributed by atoms with van der Waals surface area (Å²) in [6, 6.07) is 7.69.